The molecule has 0 atom stereocenters. The van der Waals surface area contributed by atoms with Gasteiger partial charge in [-0.3, -0.25) is 0 Å². The van der Waals surface area contributed by atoms with E-state index in [9.17, 15) is 0 Å². The Balaban J connectivity index is 2.48. The van der Waals surface area contributed by atoms with Gasteiger partial charge >= 0.3 is 0 Å². The van der Waals surface area contributed by atoms with Crippen LogP contribution >= 0.6 is 11.5 Å². The van der Waals surface area contributed by atoms with Crippen molar-refractivity contribution < 1.29 is 4.42 Å². The van der Waals surface area contributed by atoms with Crippen molar-refractivity contribution in [2.24, 2.45) is 0 Å². The predicted molar refractivity (Wildman–Crippen MR) is 38.7 cm³/mol. The minimum absolute atomic E-state index is 0.779. The van der Waals surface area contributed by atoms with Crippen molar-refractivity contribution in [3.8, 4) is 11.5 Å². The van der Waals surface area contributed by atoms with Gasteiger partial charge in [0.25, 0.3) is 0 Å². The van der Waals surface area contributed by atoms with Gasteiger partial charge in [-0.15, -0.1) is 0 Å². The lowest BCUT2D eigenvalue weighted by Crippen LogP contribution is -1.67. The van der Waals surface area contributed by atoms with E-state index in [1.54, 1.807) is 6.07 Å². The van der Waals surface area contributed by atoms with Crippen LogP contribution in [0.5, 0.6) is 0 Å². The van der Waals surface area contributed by atoms with Crippen LogP contribution in [-0.4, -0.2) is 4.37 Å². The second kappa shape index (κ2) is 2.27. The summed E-state index contributed by atoms with van der Waals surface area (Å²) in [6.45, 7) is 0. The van der Waals surface area contributed by atoms with Gasteiger partial charge in [0.2, 0.25) is 0 Å². The summed E-state index contributed by atoms with van der Waals surface area (Å²) in [5.74, 6) is 0.779. The summed E-state index contributed by atoms with van der Waals surface area (Å²) >= 11 is 1.41. The molecule has 0 amide bonds. The van der Waals surface area contributed by atoms with Crippen molar-refractivity contribution >= 4 is 11.5 Å². The third-order valence-electron chi connectivity index (χ3n) is 1.16. The summed E-state index contributed by atoms with van der Waals surface area (Å²) in [4.78, 5) is 0. The molecule has 0 N–H and O–H groups in total. The van der Waals surface area contributed by atoms with Crippen molar-refractivity contribution in [3.63, 3.8) is 0 Å². The van der Waals surface area contributed by atoms with Crippen LogP contribution in [0.3, 0.4) is 0 Å². The van der Waals surface area contributed by atoms with Crippen molar-refractivity contribution in [2.75, 3.05) is 0 Å². The highest BCUT2D eigenvalue weighted by Gasteiger charge is 2.00. The molecule has 0 aliphatic heterocycles. The van der Waals surface area contributed by atoms with Gasteiger partial charge in [-0.1, -0.05) is 0 Å². The second-order valence-electron chi connectivity index (χ2n) is 1.80. The van der Waals surface area contributed by atoms with E-state index in [-0.39, 0.29) is 0 Å². The third-order valence-corrected chi connectivity index (χ3v) is 1.72. The Bertz CT molecular complexity index is 253. The molecule has 0 aliphatic carbocycles. The average Bonchev–Trinajstić information content (AvgIpc) is 2.59. The lowest BCUT2D eigenvalue weighted by molar-refractivity contribution is 0.571. The first-order valence-corrected chi connectivity index (χ1v) is 3.67. The Morgan fingerprint density at radius 3 is 3.10 bits per heavy atom. The second-order valence-corrected chi connectivity index (χ2v) is 2.47. The molecule has 0 saturated heterocycles. The molecule has 0 saturated carbocycles. The molecule has 0 aromatic carbocycles. The highest BCUT2D eigenvalue weighted by molar-refractivity contribution is 7.03. The Morgan fingerprint density at radius 1 is 1.50 bits per heavy atom. The minimum atomic E-state index is 0.779. The van der Waals surface area contributed by atoms with Crippen LogP contribution in [-0.2, 0) is 0 Å². The van der Waals surface area contributed by atoms with Crippen LogP contribution in [0.4, 0.5) is 0 Å². The number of hydrogen-bond donors (Lipinski definition) is 0. The van der Waals surface area contributed by atoms with Gasteiger partial charge in [-0.2, -0.15) is 4.37 Å². The number of hydrogen-bond acceptors (Lipinski definition) is 3. The first-order chi connectivity index (χ1) is 4.97. The summed E-state index contributed by atoms with van der Waals surface area (Å²) in [5, 5.41) is 1.91. The van der Waals surface area contributed by atoms with Crippen molar-refractivity contribution in [2.45, 2.75) is 0 Å². The van der Waals surface area contributed by atoms with Crippen molar-refractivity contribution in [3.05, 3.63) is 29.8 Å². The van der Waals surface area contributed by atoms with E-state index < -0.39 is 0 Å². The Kier molecular flexibility index (Phi) is 1.29. The molecule has 0 fully saturated rings. The molecular weight excluding hydrogens is 146 g/mol. The van der Waals surface area contributed by atoms with E-state index in [1.165, 1.54) is 11.5 Å². The summed E-state index contributed by atoms with van der Waals surface area (Å²) < 4.78 is 9.08. The van der Waals surface area contributed by atoms with Crippen LogP contribution in [0, 0.1) is 6.26 Å². The molecule has 2 nitrogen and oxygen atoms in total. The molecule has 2 aromatic heterocycles. The van der Waals surface area contributed by atoms with Crippen LogP contribution in [0.15, 0.2) is 28.0 Å². The van der Waals surface area contributed by atoms with Gasteiger partial charge in [-0.05, 0) is 29.7 Å². The highest BCUT2D eigenvalue weighted by Crippen LogP contribution is 2.17. The molecule has 0 unspecified atom stereocenters. The first-order valence-electron chi connectivity index (χ1n) is 2.83. The van der Waals surface area contributed by atoms with E-state index in [2.05, 4.69) is 10.6 Å². The standard InChI is InChI=1S/C7H4NOS/c1-2-7(9-4-1)6-3-5-10-8-6/h1-3,5H. The molecule has 0 bridgehead atoms. The smallest absolute Gasteiger partial charge is 0.170 e. The maximum Gasteiger partial charge on any atom is 0.170 e. The minimum Gasteiger partial charge on any atom is -0.451 e. The zero-order chi connectivity index (χ0) is 6.81. The van der Waals surface area contributed by atoms with Crippen molar-refractivity contribution in [1.29, 1.82) is 0 Å². The molecule has 3 heteroatoms. The summed E-state index contributed by atoms with van der Waals surface area (Å²) in [5.41, 5.74) is 0.881. The lowest BCUT2D eigenvalue weighted by Gasteiger charge is -1.83. The quantitative estimate of drug-likeness (QED) is 0.622. The van der Waals surface area contributed by atoms with E-state index in [0.717, 1.165) is 11.5 Å². The number of rotatable bonds is 1. The van der Waals surface area contributed by atoms with Gasteiger partial charge in [0.15, 0.2) is 12.0 Å². The topological polar surface area (TPSA) is 26.0 Å². The largest absolute Gasteiger partial charge is 0.451 e. The Hall–Kier alpha value is -1.09. The molecule has 0 spiro atoms. The van der Waals surface area contributed by atoms with E-state index >= 15 is 0 Å². The predicted octanol–water partition coefficient (Wildman–Crippen LogP) is 2.20. The molecular formula is C7H4NOS. The summed E-state index contributed by atoms with van der Waals surface area (Å²) in [7, 11) is 0. The van der Waals surface area contributed by atoms with Crippen LogP contribution < -0.4 is 0 Å². The van der Waals surface area contributed by atoms with Crippen LogP contribution in [0.25, 0.3) is 11.5 Å². The van der Waals surface area contributed by atoms with Crippen molar-refractivity contribution in [1.82, 2.24) is 4.37 Å². The fourth-order valence-electron chi connectivity index (χ4n) is 0.719. The first kappa shape index (κ1) is 5.68. The molecule has 49 valence electrons. The zero-order valence-corrected chi connectivity index (χ0v) is 5.89. The fraction of sp³-hybridized carbons (Fsp3) is 0. The molecule has 2 aromatic rings. The fourth-order valence-corrected chi connectivity index (χ4v) is 1.23. The molecule has 2 rings (SSSR count). The Labute approximate surface area is 62.3 Å². The van der Waals surface area contributed by atoms with Crippen LogP contribution in [0.1, 0.15) is 0 Å². The molecule has 2 heterocycles. The normalized spacial score (nSPS) is 10.0. The maximum atomic E-state index is 5.00. The van der Waals surface area contributed by atoms with Gasteiger partial charge < -0.3 is 4.42 Å². The summed E-state index contributed by atoms with van der Waals surface area (Å²) in [6, 6.07) is 5.49. The highest BCUT2D eigenvalue weighted by atomic mass is 32.1. The monoisotopic (exact) mass is 150 g/mol. The molecule has 0 aliphatic rings. The number of aromatic nitrogens is 1. The SMILES string of the molecule is [c]1ccc(-c2ccsn2)o1. The van der Waals surface area contributed by atoms with Gasteiger partial charge in [0.05, 0.1) is 0 Å². The van der Waals surface area contributed by atoms with Gasteiger partial charge in [-0.25, -0.2) is 0 Å². The Morgan fingerprint density at radius 2 is 2.50 bits per heavy atom. The number of furan rings is 1. The van der Waals surface area contributed by atoms with E-state index in [0.29, 0.717) is 0 Å². The van der Waals surface area contributed by atoms with Crippen LogP contribution in [0.2, 0.25) is 0 Å². The van der Waals surface area contributed by atoms with Gasteiger partial charge in [0.1, 0.15) is 5.69 Å². The van der Waals surface area contributed by atoms with E-state index in [1.807, 2.05) is 17.5 Å². The van der Waals surface area contributed by atoms with E-state index in [4.69, 9.17) is 4.42 Å². The number of nitrogens with zero attached hydrogens (tertiary/aromatic N) is 1. The molecule has 10 heavy (non-hydrogen) atoms. The zero-order valence-electron chi connectivity index (χ0n) is 5.07. The third kappa shape index (κ3) is 0.844. The lowest BCUT2D eigenvalue weighted by atomic mass is 10.3. The molecule has 1 radical (unpaired) electrons. The van der Waals surface area contributed by atoms with Gasteiger partial charge in [0, 0.05) is 5.38 Å². The summed E-state index contributed by atoms with van der Waals surface area (Å²) in [6.07, 6.45) is 2.61. The average molecular weight is 150 g/mol. The maximum absolute atomic E-state index is 5.00.